The second kappa shape index (κ2) is 8.63. The number of aryl methyl sites for hydroxylation is 4. The normalized spacial score (nSPS) is 13.3. The molecule has 0 aliphatic rings. The molecule has 0 aliphatic carbocycles. The van der Waals surface area contributed by atoms with Gasteiger partial charge in [0.1, 0.15) is 5.25 Å². The standard InChI is InChI=1S/C22H25NO4S3/c1-15-7-9-19(10-8-15)29(24,25)21(20-6-5-11-28-20)14-23-30(26,27)22-17(3)12-16(2)13-18(22)4/h5-13,21,23H,14H2,1-4H3/t21-/m1/s1. The average molecular weight is 464 g/mol. The first-order chi connectivity index (χ1) is 14.0. The molecular weight excluding hydrogens is 438 g/mol. The minimum Gasteiger partial charge on any atom is -0.223 e. The largest absolute Gasteiger partial charge is 0.241 e. The molecule has 160 valence electrons. The molecule has 1 N–H and O–H groups in total. The summed E-state index contributed by atoms with van der Waals surface area (Å²) in [6.07, 6.45) is 0. The number of sulfone groups is 1. The molecule has 2 aromatic carbocycles. The molecule has 1 aromatic heterocycles. The number of thiophene rings is 1. The zero-order valence-electron chi connectivity index (χ0n) is 17.3. The summed E-state index contributed by atoms with van der Waals surface area (Å²) in [5, 5.41) is 0.775. The van der Waals surface area contributed by atoms with Gasteiger partial charge >= 0.3 is 0 Å². The fraction of sp³-hybridized carbons (Fsp3) is 0.273. The molecule has 8 heteroatoms. The zero-order chi connectivity index (χ0) is 22.1. The van der Waals surface area contributed by atoms with Crippen LogP contribution in [-0.4, -0.2) is 23.4 Å². The Morgan fingerprint density at radius 1 is 0.867 bits per heavy atom. The molecule has 1 heterocycles. The van der Waals surface area contributed by atoms with Gasteiger partial charge in [0.25, 0.3) is 0 Å². The van der Waals surface area contributed by atoms with Gasteiger partial charge in [-0.15, -0.1) is 11.3 Å². The Morgan fingerprint density at radius 2 is 1.47 bits per heavy atom. The Hall–Kier alpha value is -2.00. The van der Waals surface area contributed by atoms with Crippen LogP contribution >= 0.6 is 11.3 Å². The molecule has 0 unspecified atom stereocenters. The Bertz CT molecular complexity index is 1220. The van der Waals surface area contributed by atoms with Crippen LogP contribution in [0.3, 0.4) is 0 Å². The average Bonchev–Trinajstić information content (AvgIpc) is 3.15. The third-order valence-electron chi connectivity index (χ3n) is 4.92. The van der Waals surface area contributed by atoms with Gasteiger partial charge in [0.2, 0.25) is 10.0 Å². The van der Waals surface area contributed by atoms with E-state index in [1.165, 1.54) is 11.3 Å². The van der Waals surface area contributed by atoms with Crippen LogP contribution in [0.4, 0.5) is 0 Å². The van der Waals surface area contributed by atoms with E-state index < -0.39 is 25.1 Å². The van der Waals surface area contributed by atoms with Crippen LogP contribution in [0.5, 0.6) is 0 Å². The molecule has 1 atom stereocenters. The fourth-order valence-corrected chi connectivity index (χ4v) is 7.96. The summed E-state index contributed by atoms with van der Waals surface area (Å²) in [5.74, 6) is 0. The predicted octanol–water partition coefficient (Wildman–Crippen LogP) is 4.48. The van der Waals surface area contributed by atoms with E-state index >= 15 is 0 Å². The summed E-state index contributed by atoms with van der Waals surface area (Å²) in [6.45, 7) is 7.03. The summed E-state index contributed by atoms with van der Waals surface area (Å²) in [4.78, 5) is 0.967. The third-order valence-corrected chi connectivity index (χ3v) is 9.88. The lowest BCUT2D eigenvalue weighted by molar-refractivity contribution is 0.569. The summed E-state index contributed by atoms with van der Waals surface area (Å²) < 4.78 is 55.4. The first kappa shape index (κ1) is 22.7. The van der Waals surface area contributed by atoms with Crippen LogP contribution in [0.15, 0.2) is 63.7 Å². The van der Waals surface area contributed by atoms with Crippen molar-refractivity contribution in [2.75, 3.05) is 6.54 Å². The monoisotopic (exact) mass is 463 g/mol. The Kier molecular flexibility index (Phi) is 6.52. The second-order valence-electron chi connectivity index (χ2n) is 7.44. The summed E-state index contributed by atoms with van der Waals surface area (Å²) >= 11 is 1.30. The van der Waals surface area contributed by atoms with E-state index in [1.54, 1.807) is 67.8 Å². The van der Waals surface area contributed by atoms with Crippen molar-refractivity contribution in [3.8, 4) is 0 Å². The van der Waals surface area contributed by atoms with E-state index in [1.807, 2.05) is 13.8 Å². The number of nitrogens with one attached hydrogen (secondary N) is 1. The minimum absolute atomic E-state index is 0.174. The van der Waals surface area contributed by atoms with Gasteiger partial charge in [-0.2, -0.15) is 0 Å². The van der Waals surface area contributed by atoms with Crippen molar-refractivity contribution >= 4 is 31.2 Å². The van der Waals surface area contributed by atoms with Crippen molar-refractivity contribution in [1.29, 1.82) is 0 Å². The molecule has 0 fully saturated rings. The van der Waals surface area contributed by atoms with Crippen LogP contribution in [-0.2, 0) is 19.9 Å². The van der Waals surface area contributed by atoms with Crippen molar-refractivity contribution in [3.63, 3.8) is 0 Å². The lowest BCUT2D eigenvalue weighted by atomic mass is 10.1. The predicted molar refractivity (Wildman–Crippen MR) is 121 cm³/mol. The van der Waals surface area contributed by atoms with Gasteiger partial charge in [-0.3, -0.25) is 0 Å². The van der Waals surface area contributed by atoms with E-state index in [2.05, 4.69) is 4.72 Å². The fourth-order valence-electron chi connectivity index (χ4n) is 3.58. The molecule has 0 aliphatic heterocycles. The molecule has 0 amide bonds. The topological polar surface area (TPSA) is 80.3 Å². The number of benzene rings is 2. The van der Waals surface area contributed by atoms with Crippen LogP contribution in [0.25, 0.3) is 0 Å². The summed E-state index contributed by atoms with van der Waals surface area (Å²) in [7, 11) is -7.67. The third kappa shape index (κ3) is 4.67. The Balaban J connectivity index is 1.97. The molecular formula is C22H25NO4S3. The van der Waals surface area contributed by atoms with E-state index in [4.69, 9.17) is 0 Å². The van der Waals surface area contributed by atoms with Gasteiger partial charge in [-0.25, -0.2) is 21.6 Å². The number of hydrogen-bond donors (Lipinski definition) is 1. The Morgan fingerprint density at radius 3 is 2.00 bits per heavy atom. The minimum atomic E-state index is -3.88. The molecule has 30 heavy (non-hydrogen) atoms. The molecule has 0 saturated carbocycles. The molecule has 0 bridgehead atoms. The second-order valence-corrected chi connectivity index (χ2v) is 12.3. The van der Waals surface area contributed by atoms with Crippen molar-refractivity contribution in [1.82, 2.24) is 4.72 Å². The van der Waals surface area contributed by atoms with Gasteiger partial charge in [0.05, 0.1) is 9.79 Å². The molecule has 5 nitrogen and oxygen atoms in total. The summed E-state index contributed by atoms with van der Waals surface area (Å²) in [6, 6.07) is 13.7. The highest BCUT2D eigenvalue weighted by Gasteiger charge is 2.32. The molecule has 3 rings (SSSR count). The maximum Gasteiger partial charge on any atom is 0.241 e. The quantitative estimate of drug-likeness (QED) is 0.560. The number of hydrogen-bond acceptors (Lipinski definition) is 5. The number of rotatable bonds is 7. The lowest BCUT2D eigenvalue weighted by Crippen LogP contribution is -2.32. The van der Waals surface area contributed by atoms with Crippen LogP contribution < -0.4 is 4.72 Å². The number of sulfonamides is 1. The first-order valence-electron chi connectivity index (χ1n) is 9.44. The molecule has 0 saturated heterocycles. The molecule has 3 aromatic rings. The van der Waals surface area contributed by atoms with E-state index in [-0.39, 0.29) is 16.3 Å². The lowest BCUT2D eigenvalue weighted by Gasteiger charge is -2.19. The van der Waals surface area contributed by atoms with Gasteiger partial charge < -0.3 is 0 Å². The van der Waals surface area contributed by atoms with Crippen LogP contribution in [0, 0.1) is 27.7 Å². The Labute approximate surface area is 182 Å². The first-order valence-corrected chi connectivity index (χ1v) is 13.3. The maximum atomic E-state index is 13.3. The van der Waals surface area contributed by atoms with Crippen LogP contribution in [0.2, 0.25) is 0 Å². The molecule has 0 spiro atoms. The van der Waals surface area contributed by atoms with Gasteiger partial charge in [0.15, 0.2) is 9.84 Å². The van der Waals surface area contributed by atoms with Crippen molar-refractivity contribution in [3.05, 3.63) is 81.0 Å². The van der Waals surface area contributed by atoms with E-state index in [9.17, 15) is 16.8 Å². The van der Waals surface area contributed by atoms with Gasteiger partial charge in [-0.1, -0.05) is 41.5 Å². The van der Waals surface area contributed by atoms with Gasteiger partial charge in [0, 0.05) is 11.4 Å². The SMILES string of the molecule is Cc1ccc(S(=O)(=O)[C@H](CNS(=O)(=O)c2c(C)cc(C)cc2C)c2cccs2)cc1. The van der Waals surface area contributed by atoms with Crippen molar-refractivity contribution in [2.45, 2.75) is 42.7 Å². The van der Waals surface area contributed by atoms with E-state index in [0.29, 0.717) is 16.0 Å². The summed E-state index contributed by atoms with van der Waals surface area (Å²) in [5.41, 5.74) is 3.19. The van der Waals surface area contributed by atoms with Crippen LogP contribution in [0.1, 0.15) is 32.4 Å². The van der Waals surface area contributed by atoms with E-state index in [0.717, 1.165) is 11.1 Å². The van der Waals surface area contributed by atoms with Crippen molar-refractivity contribution in [2.24, 2.45) is 0 Å². The maximum absolute atomic E-state index is 13.3. The highest BCUT2D eigenvalue weighted by atomic mass is 32.2. The van der Waals surface area contributed by atoms with Crippen molar-refractivity contribution < 1.29 is 16.8 Å². The highest BCUT2D eigenvalue weighted by molar-refractivity contribution is 7.92. The smallest absolute Gasteiger partial charge is 0.223 e. The zero-order valence-corrected chi connectivity index (χ0v) is 19.8. The molecule has 0 radical (unpaired) electrons. The van der Waals surface area contributed by atoms with Gasteiger partial charge in [-0.05, 0) is 62.4 Å². The highest BCUT2D eigenvalue weighted by Crippen LogP contribution is 2.32.